The molecule has 0 aromatic heterocycles. The van der Waals surface area contributed by atoms with Crippen LogP contribution in [0.2, 0.25) is 0 Å². The van der Waals surface area contributed by atoms with E-state index in [4.69, 9.17) is 13.8 Å². The lowest BCUT2D eigenvalue weighted by Gasteiger charge is -2.58. The van der Waals surface area contributed by atoms with Crippen molar-refractivity contribution in [3.63, 3.8) is 0 Å². The van der Waals surface area contributed by atoms with Crippen molar-refractivity contribution in [1.29, 1.82) is 0 Å². The summed E-state index contributed by atoms with van der Waals surface area (Å²) in [6, 6.07) is -0.886. The Hall–Kier alpha value is -0.960. The number of alkyl carbamates (subject to hydrolysis) is 1. The van der Waals surface area contributed by atoms with Gasteiger partial charge in [-0.2, -0.15) is 0 Å². The Morgan fingerprint density at radius 1 is 1.07 bits per heavy atom. The van der Waals surface area contributed by atoms with Crippen LogP contribution in [0.15, 0.2) is 11.6 Å². The Morgan fingerprint density at radius 3 is 2.48 bits per heavy atom. The van der Waals surface area contributed by atoms with Crippen molar-refractivity contribution in [2.24, 2.45) is 46.3 Å². The number of nitrogens with zero attached hydrogens (tertiary/aromatic N) is 1. The highest BCUT2D eigenvalue weighted by molar-refractivity contribution is 7.47. The predicted octanol–water partition coefficient (Wildman–Crippen LogP) is 7.32. The highest BCUT2D eigenvalue weighted by Gasteiger charge is 2.59. The normalized spacial score (nSPS) is 35.3. The average Bonchev–Trinajstić information content (AvgIpc) is 3.31. The number of amides is 1. The van der Waals surface area contributed by atoms with Gasteiger partial charge < -0.3 is 24.5 Å². The number of fused-ring (bicyclic) bond motifs is 5. The van der Waals surface area contributed by atoms with Gasteiger partial charge in [-0.3, -0.25) is 9.05 Å². The highest BCUT2D eigenvalue weighted by atomic mass is 31.2. The summed E-state index contributed by atoms with van der Waals surface area (Å²) in [7, 11) is 1.54. The third-order valence-corrected chi connectivity index (χ3v) is 13.5. The van der Waals surface area contributed by atoms with Gasteiger partial charge in [0.05, 0.1) is 40.4 Å². The van der Waals surface area contributed by atoms with Crippen molar-refractivity contribution in [2.75, 3.05) is 47.5 Å². The molecule has 10 atom stereocenters. The molecule has 3 N–H and O–H groups in total. The summed E-state index contributed by atoms with van der Waals surface area (Å²) < 4.78 is 28.7. The Morgan fingerprint density at radius 2 is 1.80 bits per heavy atom. The molecule has 10 heteroatoms. The monoisotopic (exact) mass is 669 g/mol. The molecule has 1 amide bonds. The zero-order chi connectivity index (χ0) is 33.9. The van der Waals surface area contributed by atoms with Gasteiger partial charge in [-0.05, 0) is 91.3 Å². The van der Waals surface area contributed by atoms with Crippen LogP contribution in [0.25, 0.3) is 0 Å². The van der Waals surface area contributed by atoms with Crippen LogP contribution in [0.4, 0.5) is 4.79 Å². The topological polar surface area (TPSA) is 114 Å². The van der Waals surface area contributed by atoms with E-state index in [9.17, 15) is 19.4 Å². The Bertz CT molecular complexity index is 1110. The van der Waals surface area contributed by atoms with E-state index in [0.717, 1.165) is 55.3 Å². The van der Waals surface area contributed by atoms with Crippen LogP contribution < -0.4 is 5.32 Å². The largest absolute Gasteiger partial charge is 0.472 e. The summed E-state index contributed by atoms with van der Waals surface area (Å²) in [4.78, 5) is 22.8. The van der Waals surface area contributed by atoms with Crippen molar-refractivity contribution in [1.82, 2.24) is 5.32 Å². The molecule has 266 valence electrons. The minimum absolute atomic E-state index is 0.0485. The van der Waals surface area contributed by atoms with Crippen LogP contribution >= 0.6 is 7.82 Å². The van der Waals surface area contributed by atoms with Crippen molar-refractivity contribution in [3.8, 4) is 0 Å². The highest BCUT2D eigenvalue weighted by Crippen LogP contribution is 2.67. The van der Waals surface area contributed by atoms with Crippen LogP contribution in [0.5, 0.6) is 0 Å². The lowest BCUT2D eigenvalue weighted by Crippen LogP contribution is -2.51. The second kappa shape index (κ2) is 15.3. The van der Waals surface area contributed by atoms with Crippen molar-refractivity contribution < 1.29 is 37.6 Å². The number of phosphoric acid groups is 1. The summed E-state index contributed by atoms with van der Waals surface area (Å²) in [6.45, 7) is 12.1. The molecule has 46 heavy (non-hydrogen) atoms. The maximum absolute atomic E-state index is 12.8. The predicted molar refractivity (Wildman–Crippen MR) is 182 cm³/mol. The number of carbonyl (C=O) groups excluding carboxylic acids is 1. The fraction of sp³-hybridized carbons (Fsp3) is 0.917. The number of rotatable bonds is 15. The van der Waals surface area contributed by atoms with Gasteiger partial charge in [0, 0.05) is 6.42 Å². The molecule has 0 aliphatic heterocycles. The second-order valence-corrected chi connectivity index (χ2v) is 18.6. The van der Waals surface area contributed by atoms with Crippen LogP contribution in [0.3, 0.4) is 0 Å². The van der Waals surface area contributed by atoms with Crippen LogP contribution in [0, 0.1) is 46.3 Å². The molecule has 0 radical (unpaired) electrons. The second-order valence-electron chi connectivity index (χ2n) is 17.2. The zero-order valence-electron chi connectivity index (χ0n) is 30.1. The molecule has 0 spiro atoms. The molecule has 3 fully saturated rings. The summed E-state index contributed by atoms with van der Waals surface area (Å²) in [5.41, 5.74) is 2.08. The van der Waals surface area contributed by atoms with Gasteiger partial charge >= 0.3 is 13.9 Å². The molecular weight excluding hydrogens is 603 g/mol. The van der Waals surface area contributed by atoms with E-state index in [1.165, 1.54) is 50.5 Å². The fourth-order valence-corrected chi connectivity index (χ4v) is 10.7. The molecule has 4 rings (SSSR count). The molecule has 9 nitrogen and oxygen atoms in total. The van der Waals surface area contributed by atoms with Crippen molar-refractivity contribution in [3.05, 3.63) is 11.6 Å². The molecule has 5 unspecified atom stereocenters. The maximum atomic E-state index is 12.8. The molecule has 0 aromatic carbocycles. The van der Waals surface area contributed by atoms with E-state index in [1.54, 1.807) is 0 Å². The van der Waals surface area contributed by atoms with E-state index in [1.807, 2.05) is 21.1 Å². The van der Waals surface area contributed by atoms with Gasteiger partial charge in [-0.1, -0.05) is 65.5 Å². The maximum Gasteiger partial charge on any atom is 0.472 e. The number of carbonyl (C=O) groups is 1. The smallest absolute Gasteiger partial charge is 0.446 e. The first kappa shape index (κ1) is 37.9. The summed E-state index contributed by atoms with van der Waals surface area (Å²) in [5.74, 6) is 4.72. The average molecular weight is 670 g/mol. The number of hydrogen-bond donors (Lipinski definition) is 3. The van der Waals surface area contributed by atoms with Crippen LogP contribution in [-0.2, 0) is 18.3 Å². The number of nitrogens with one attached hydrogen (secondary N) is 1. The van der Waals surface area contributed by atoms with E-state index < -0.39 is 26.6 Å². The Labute approximate surface area is 279 Å². The number of quaternary nitrogens is 1. The third-order valence-electron chi connectivity index (χ3n) is 12.5. The quantitative estimate of drug-likeness (QED) is 0.0951. The van der Waals surface area contributed by atoms with Crippen LogP contribution in [0.1, 0.15) is 105 Å². The lowest BCUT2D eigenvalue weighted by atomic mass is 9.47. The Kier molecular flexibility index (Phi) is 12.6. The van der Waals surface area contributed by atoms with Crippen molar-refractivity contribution in [2.45, 2.75) is 117 Å². The molecule has 0 heterocycles. The first-order valence-corrected chi connectivity index (χ1v) is 19.7. The number of phosphoric ester groups is 1. The van der Waals surface area contributed by atoms with Gasteiger partial charge in [0.2, 0.25) is 0 Å². The Balaban J connectivity index is 1.29. The number of allylic oxidation sites excluding steroid dienone is 1. The van der Waals surface area contributed by atoms with E-state index in [0.29, 0.717) is 22.4 Å². The molecule has 0 saturated heterocycles. The minimum Gasteiger partial charge on any atom is -0.446 e. The number of ether oxygens (including phenoxy) is 1. The summed E-state index contributed by atoms with van der Waals surface area (Å²) in [5, 5.41) is 12.4. The van der Waals surface area contributed by atoms with E-state index >= 15 is 0 Å². The van der Waals surface area contributed by atoms with E-state index in [-0.39, 0.29) is 24.7 Å². The van der Waals surface area contributed by atoms with Gasteiger partial charge in [-0.15, -0.1) is 0 Å². The first-order valence-electron chi connectivity index (χ1n) is 18.2. The minimum atomic E-state index is -4.31. The molecule has 3 saturated carbocycles. The van der Waals surface area contributed by atoms with Gasteiger partial charge in [0.1, 0.15) is 19.3 Å². The molecule has 4 aliphatic carbocycles. The number of aliphatic hydroxyl groups is 1. The third kappa shape index (κ3) is 9.18. The zero-order valence-corrected chi connectivity index (χ0v) is 31.0. The van der Waals surface area contributed by atoms with Crippen LogP contribution in [-0.4, -0.2) is 80.2 Å². The number of aliphatic hydroxyl groups excluding tert-OH is 1. The number of likely N-dealkylation sites (N-methyl/N-ethyl adjacent to an activating group) is 1. The summed E-state index contributed by atoms with van der Waals surface area (Å²) in [6.07, 6.45) is 14.8. The SMILES string of the molecule is CC(C)CCC[C@@H](C)[C@H]1CCC2C3CC=C4C[C@@H](OC(=O)NC(CO)COP(=O)(O)OCC[N+](C)(C)C)CC[C@]4(C)C3CC[C@@]21C. The lowest BCUT2D eigenvalue weighted by molar-refractivity contribution is -0.870. The van der Waals surface area contributed by atoms with Gasteiger partial charge in [0.25, 0.3) is 0 Å². The molecule has 0 aromatic rings. The number of hydrogen-bond acceptors (Lipinski definition) is 6. The first-order chi connectivity index (χ1) is 21.5. The fourth-order valence-electron chi connectivity index (χ4n) is 9.90. The van der Waals surface area contributed by atoms with Gasteiger partial charge in [-0.25, -0.2) is 9.36 Å². The van der Waals surface area contributed by atoms with Crippen molar-refractivity contribution >= 4 is 13.9 Å². The standard InChI is InChI=1S/C36H65N2O7P/c1-25(2)10-9-11-26(3)31-14-15-32-30-13-12-27-22-29(16-18-35(27,4)33(30)17-19-36(31,32)5)45-34(40)37-28(23-39)24-44-46(41,42)43-21-20-38(6,7)8/h12,25-26,28-33,39H,9-11,13-24H2,1-8H3,(H-,37,40,41,42)/p+1/t26-,28?,29+,30?,31-,32?,33?,35+,36-/m1/s1. The van der Waals surface area contributed by atoms with Gasteiger partial charge in [0.15, 0.2) is 0 Å². The summed E-state index contributed by atoms with van der Waals surface area (Å²) >= 11 is 0. The molecule has 4 aliphatic rings. The molecule has 0 bridgehead atoms. The molecular formula is C36H66N2O7P+. The van der Waals surface area contributed by atoms with E-state index in [2.05, 4.69) is 46.0 Å².